The lowest BCUT2D eigenvalue weighted by Gasteiger charge is -2.30. The highest BCUT2D eigenvalue weighted by atomic mass is 16.5. The molecule has 4 rings (SSSR count). The van der Waals surface area contributed by atoms with Gasteiger partial charge in [0.15, 0.2) is 0 Å². The van der Waals surface area contributed by atoms with Crippen molar-refractivity contribution < 1.29 is 9.47 Å². The molecule has 0 radical (unpaired) electrons. The van der Waals surface area contributed by atoms with Gasteiger partial charge in [0.1, 0.15) is 18.2 Å². The highest BCUT2D eigenvalue weighted by molar-refractivity contribution is 5.78. The summed E-state index contributed by atoms with van der Waals surface area (Å²) in [7, 11) is 1.71. The van der Waals surface area contributed by atoms with Gasteiger partial charge in [0.05, 0.1) is 30.8 Å². The Hall–Kier alpha value is -1.59. The van der Waals surface area contributed by atoms with Gasteiger partial charge in [-0.1, -0.05) is 19.3 Å². The Balaban J connectivity index is 1.58. The molecule has 0 amide bonds. The number of ether oxygens (including phenoxy) is 2. The predicted molar refractivity (Wildman–Crippen MR) is 89.9 cm³/mol. The van der Waals surface area contributed by atoms with E-state index in [1.54, 1.807) is 7.11 Å². The summed E-state index contributed by atoms with van der Waals surface area (Å²) in [5.41, 5.74) is 2.17. The molecule has 0 bridgehead atoms. The SMILES string of the molecule is COc1ccc2nc3n(c2c1)[C@@H](CNC1CCCCC1)COC3. The number of rotatable bonds is 4. The van der Waals surface area contributed by atoms with Crippen molar-refractivity contribution in [2.24, 2.45) is 0 Å². The summed E-state index contributed by atoms with van der Waals surface area (Å²) in [5.74, 6) is 1.90. The van der Waals surface area contributed by atoms with E-state index in [0.29, 0.717) is 18.7 Å². The van der Waals surface area contributed by atoms with E-state index in [1.165, 1.54) is 32.1 Å². The van der Waals surface area contributed by atoms with Crippen LogP contribution in [-0.2, 0) is 11.3 Å². The van der Waals surface area contributed by atoms with E-state index in [2.05, 4.69) is 16.0 Å². The van der Waals surface area contributed by atoms with Crippen LogP contribution >= 0.6 is 0 Å². The zero-order valence-corrected chi connectivity index (χ0v) is 13.8. The molecule has 1 aliphatic heterocycles. The van der Waals surface area contributed by atoms with Gasteiger partial charge in [-0.25, -0.2) is 4.98 Å². The standard InChI is InChI=1S/C18H25N3O2/c1-22-15-7-8-16-17(9-15)21-14(11-23-12-18(21)20-16)10-19-13-5-3-2-4-6-13/h7-9,13-14,19H,2-6,10-12H2,1H3/t14-/m0/s1. The maximum Gasteiger partial charge on any atom is 0.136 e. The number of nitrogens with zero attached hydrogens (tertiary/aromatic N) is 2. The van der Waals surface area contributed by atoms with Crippen molar-refractivity contribution in [2.45, 2.75) is 50.8 Å². The largest absolute Gasteiger partial charge is 0.497 e. The molecule has 0 saturated heterocycles. The number of imidazole rings is 1. The molecule has 2 heterocycles. The summed E-state index contributed by atoms with van der Waals surface area (Å²) in [4.78, 5) is 4.73. The lowest BCUT2D eigenvalue weighted by molar-refractivity contribution is 0.0551. The number of methoxy groups -OCH3 is 1. The fourth-order valence-corrected chi connectivity index (χ4v) is 3.88. The van der Waals surface area contributed by atoms with Gasteiger partial charge in [0, 0.05) is 18.7 Å². The van der Waals surface area contributed by atoms with E-state index in [0.717, 1.165) is 35.8 Å². The lowest BCUT2D eigenvalue weighted by Crippen LogP contribution is -2.38. The van der Waals surface area contributed by atoms with Crippen LogP contribution in [0.4, 0.5) is 0 Å². The number of hydrogen-bond acceptors (Lipinski definition) is 4. The second-order valence-corrected chi connectivity index (χ2v) is 6.66. The van der Waals surface area contributed by atoms with Crippen LogP contribution in [-0.4, -0.2) is 35.9 Å². The molecule has 5 heteroatoms. The molecule has 23 heavy (non-hydrogen) atoms. The average molecular weight is 315 g/mol. The Labute approximate surface area is 137 Å². The maximum absolute atomic E-state index is 5.78. The first-order valence-corrected chi connectivity index (χ1v) is 8.71. The third-order valence-corrected chi connectivity index (χ3v) is 5.12. The van der Waals surface area contributed by atoms with Crippen LogP contribution in [0.5, 0.6) is 5.75 Å². The highest BCUT2D eigenvalue weighted by Gasteiger charge is 2.25. The molecule has 1 fully saturated rings. The van der Waals surface area contributed by atoms with Gasteiger partial charge in [0.2, 0.25) is 0 Å². The number of fused-ring (bicyclic) bond motifs is 3. The first kappa shape index (κ1) is 15.0. The van der Waals surface area contributed by atoms with E-state index in [9.17, 15) is 0 Å². The number of nitrogens with one attached hydrogen (secondary N) is 1. The van der Waals surface area contributed by atoms with Crippen LogP contribution in [0.25, 0.3) is 11.0 Å². The van der Waals surface area contributed by atoms with Gasteiger partial charge in [-0.2, -0.15) is 0 Å². The molecular formula is C18H25N3O2. The minimum atomic E-state index is 0.304. The summed E-state index contributed by atoms with van der Waals surface area (Å²) in [6, 6.07) is 7.06. The minimum absolute atomic E-state index is 0.304. The summed E-state index contributed by atoms with van der Waals surface area (Å²) in [5, 5.41) is 3.76. The smallest absolute Gasteiger partial charge is 0.136 e. The zero-order valence-electron chi connectivity index (χ0n) is 13.8. The Morgan fingerprint density at radius 3 is 3.00 bits per heavy atom. The molecule has 1 aromatic carbocycles. The molecule has 1 aromatic heterocycles. The number of aromatic nitrogens is 2. The monoisotopic (exact) mass is 315 g/mol. The fourth-order valence-electron chi connectivity index (χ4n) is 3.88. The van der Waals surface area contributed by atoms with Crippen LogP contribution in [0, 0.1) is 0 Å². The summed E-state index contributed by atoms with van der Waals surface area (Å²) < 4.78 is 13.5. The molecule has 0 unspecified atom stereocenters. The topological polar surface area (TPSA) is 48.3 Å². The zero-order chi connectivity index (χ0) is 15.6. The van der Waals surface area contributed by atoms with E-state index >= 15 is 0 Å². The van der Waals surface area contributed by atoms with Crippen LogP contribution in [0.3, 0.4) is 0 Å². The van der Waals surface area contributed by atoms with E-state index in [4.69, 9.17) is 14.5 Å². The minimum Gasteiger partial charge on any atom is -0.497 e. The summed E-state index contributed by atoms with van der Waals surface area (Å²) in [6.07, 6.45) is 6.71. The number of benzene rings is 1. The van der Waals surface area contributed by atoms with Crippen molar-refractivity contribution in [3.63, 3.8) is 0 Å². The normalized spacial score (nSPS) is 22.2. The third-order valence-electron chi connectivity index (χ3n) is 5.12. The molecule has 0 spiro atoms. The Morgan fingerprint density at radius 1 is 1.30 bits per heavy atom. The molecule has 5 nitrogen and oxygen atoms in total. The van der Waals surface area contributed by atoms with Crippen LogP contribution in [0.15, 0.2) is 18.2 Å². The fraction of sp³-hybridized carbons (Fsp3) is 0.611. The van der Waals surface area contributed by atoms with Gasteiger partial charge in [-0.05, 0) is 25.0 Å². The number of hydrogen-bond donors (Lipinski definition) is 1. The maximum atomic E-state index is 5.78. The predicted octanol–water partition coefficient (Wildman–Crippen LogP) is 3.04. The van der Waals surface area contributed by atoms with E-state index < -0.39 is 0 Å². The third kappa shape index (κ3) is 2.95. The van der Waals surface area contributed by atoms with Crippen molar-refractivity contribution in [3.05, 3.63) is 24.0 Å². The van der Waals surface area contributed by atoms with E-state index in [-0.39, 0.29) is 0 Å². The van der Waals surface area contributed by atoms with Crippen molar-refractivity contribution in [2.75, 3.05) is 20.3 Å². The van der Waals surface area contributed by atoms with Crippen molar-refractivity contribution in [1.82, 2.24) is 14.9 Å². The van der Waals surface area contributed by atoms with Crippen molar-refractivity contribution >= 4 is 11.0 Å². The Morgan fingerprint density at radius 2 is 2.17 bits per heavy atom. The molecule has 2 aromatic rings. The Bertz CT molecular complexity index is 676. The second-order valence-electron chi connectivity index (χ2n) is 6.66. The van der Waals surface area contributed by atoms with Gasteiger partial charge in [-0.3, -0.25) is 0 Å². The molecule has 1 saturated carbocycles. The van der Waals surface area contributed by atoms with Crippen molar-refractivity contribution in [3.8, 4) is 5.75 Å². The van der Waals surface area contributed by atoms with Crippen molar-refractivity contribution in [1.29, 1.82) is 0 Å². The summed E-state index contributed by atoms with van der Waals surface area (Å²) in [6.45, 7) is 2.28. The van der Waals surface area contributed by atoms with Crippen LogP contribution < -0.4 is 10.1 Å². The molecule has 2 aliphatic rings. The van der Waals surface area contributed by atoms with Gasteiger partial charge < -0.3 is 19.4 Å². The van der Waals surface area contributed by atoms with Gasteiger partial charge in [0.25, 0.3) is 0 Å². The molecule has 1 atom stereocenters. The molecule has 1 aliphatic carbocycles. The van der Waals surface area contributed by atoms with E-state index in [1.807, 2.05) is 12.1 Å². The molecular weight excluding hydrogens is 290 g/mol. The Kier molecular flexibility index (Phi) is 4.23. The van der Waals surface area contributed by atoms with Crippen LogP contribution in [0.2, 0.25) is 0 Å². The molecule has 124 valence electrons. The quantitative estimate of drug-likeness (QED) is 0.942. The van der Waals surface area contributed by atoms with Gasteiger partial charge in [-0.15, -0.1) is 0 Å². The summed E-state index contributed by atoms with van der Waals surface area (Å²) >= 11 is 0. The highest BCUT2D eigenvalue weighted by Crippen LogP contribution is 2.28. The average Bonchev–Trinajstić information content (AvgIpc) is 2.99. The first-order valence-electron chi connectivity index (χ1n) is 8.71. The second kappa shape index (κ2) is 6.49. The lowest BCUT2D eigenvalue weighted by atomic mass is 9.95. The van der Waals surface area contributed by atoms with Crippen LogP contribution in [0.1, 0.15) is 44.0 Å². The molecule has 1 N–H and O–H groups in total. The first-order chi connectivity index (χ1) is 11.3. The van der Waals surface area contributed by atoms with Gasteiger partial charge >= 0.3 is 0 Å².